The molecule has 0 aliphatic heterocycles. The zero-order valence-electron chi connectivity index (χ0n) is 12.9. The van der Waals surface area contributed by atoms with E-state index in [9.17, 15) is 21.0 Å². The van der Waals surface area contributed by atoms with Gasteiger partial charge in [-0.25, -0.2) is 0 Å². The van der Waals surface area contributed by atoms with Gasteiger partial charge in [-0.15, -0.1) is 0 Å². The molecule has 23 heavy (non-hydrogen) atoms. The quantitative estimate of drug-likeness (QED) is 0.833. The van der Waals surface area contributed by atoms with E-state index in [-0.39, 0.29) is 12.8 Å². The van der Waals surface area contributed by atoms with Crippen molar-refractivity contribution in [3.8, 4) is 30.0 Å². The summed E-state index contributed by atoms with van der Waals surface area (Å²) in [6, 6.07) is 13.2. The van der Waals surface area contributed by atoms with Crippen LogP contribution in [0, 0.1) is 63.1 Å². The lowest BCUT2D eigenvalue weighted by molar-refractivity contribution is 0.296. The van der Waals surface area contributed by atoms with Gasteiger partial charge in [-0.3, -0.25) is 0 Å². The van der Waals surface area contributed by atoms with Crippen molar-refractivity contribution in [1.82, 2.24) is 0 Å². The summed E-state index contributed by atoms with van der Waals surface area (Å²) in [5, 5.41) is 37.9. The second-order valence-corrected chi connectivity index (χ2v) is 5.50. The lowest BCUT2D eigenvalue weighted by Gasteiger charge is -2.35. The molecule has 0 fully saturated rings. The predicted molar refractivity (Wildman–Crippen MR) is 82.3 cm³/mol. The SMILES string of the molecule is COc1cccc(C2=CCC(C#N)(C#N)C(C#N)(C#N)C2)c1C. The molecule has 1 aromatic rings. The van der Waals surface area contributed by atoms with Crippen LogP contribution in [0.5, 0.6) is 5.75 Å². The molecule has 5 nitrogen and oxygen atoms in total. The van der Waals surface area contributed by atoms with Gasteiger partial charge in [-0.2, -0.15) is 21.0 Å². The summed E-state index contributed by atoms with van der Waals surface area (Å²) in [5.74, 6) is 0.709. The van der Waals surface area contributed by atoms with E-state index < -0.39 is 10.8 Å². The van der Waals surface area contributed by atoms with Crippen molar-refractivity contribution < 1.29 is 4.74 Å². The molecule has 0 bridgehead atoms. The number of ether oxygens (including phenoxy) is 1. The summed E-state index contributed by atoms with van der Waals surface area (Å²) >= 11 is 0. The molecule has 112 valence electrons. The summed E-state index contributed by atoms with van der Waals surface area (Å²) in [6.45, 7) is 1.89. The van der Waals surface area contributed by atoms with E-state index >= 15 is 0 Å². The van der Waals surface area contributed by atoms with E-state index in [0.29, 0.717) is 5.75 Å². The fourth-order valence-electron chi connectivity index (χ4n) is 2.95. The van der Waals surface area contributed by atoms with Crippen molar-refractivity contribution >= 4 is 5.57 Å². The van der Waals surface area contributed by atoms with Gasteiger partial charge < -0.3 is 4.74 Å². The van der Waals surface area contributed by atoms with Gasteiger partial charge in [0.15, 0.2) is 10.8 Å². The molecule has 0 aromatic heterocycles. The van der Waals surface area contributed by atoms with Gasteiger partial charge in [0, 0.05) is 12.8 Å². The maximum atomic E-state index is 9.55. The molecule has 0 N–H and O–H groups in total. The van der Waals surface area contributed by atoms with Gasteiger partial charge in [0.1, 0.15) is 5.75 Å². The Kier molecular flexibility index (Phi) is 4.09. The van der Waals surface area contributed by atoms with E-state index in [1.807, 2.05) is 49.4 Å². The van der Waals surface area contributed by atoms with Gasteiger partial charge >= 0.3 is 0 Å². The molecule has 1 aliphatic rings. The van der Waals surface area contributed by atoms with Crippen LogP contribution in [0.15, 0.2) is 24.3 Å². The van der Waals surface area contributed by atoms with Crippen LogP contribution in [-0.4, -0.2) is 7.11 Å². The zero-order valence-corrected chi connectivity index (χ0v) is 12.9. The lowest BCUT2D eigenvalue weighted by Crippen LogP contribution is -2.40. The second kappa shape index (κ2) is 5.84. The molecule has 0 radical (unpaired) electrons. The normalized spacial score (nSPS) is 17.6. The Morgan fingerprint density at radius 3 is 2.13 bits per heavy atom. The number of hydrogen-bond donors (Lipinski definition) is 0. The van der Waals surface area contributed by atoms with Gasteiger partial charge in [0.25, 0.3) is 0 Å². The minimum atomic E-state index is -1.68. The number of nitrogens with zero attached hydrogens (tertiary/aromatic N) is 4. The van der Waals surface area contributed by atoms with Crippen LogP contribution in [0.4, 0.5) is 0 Å². The number of hydrogen-bond acceptors (Lipinski definition) is 5. The van der Waals surface area contributed by atoms with E-state index in [1.165, 1.54) is 0 Å². The number of rotatable bonds is 2. The molecule has 0 saturated heterocycles. The lowest BCUT2D eigenvalue weighted by atomic mass is 9.58. The summed E-state index contributed by atoms with van der Waals surface area (Å²) in [6.07, 6.45) is 1.86. The molecule has 0 amide bonds. The average Bonchev–Trinajstić information content (AvgIpc) is 2.61. The monoisotopic (exact) mass is 302 g/mol. The highest BCUT2D eigenvalue weighted by atomic mass is 16.5. The average molecular weight is 302 g/mol. The van der Waals surface area contributed by atoms with Gasteiger partial charge in [0.05, 0.1) is 31.4 Å². The van der Waals surface area contributed by atoms with Crippen LogP contribution >= 0.6 is 0 Å². The largest absolute Gasteiger partial charge is 0.496 e. The Bertz CT molecular complexity index is 812. The summed E-state index contributed by atoms with van der Waals surface area (Å²) in [5.41, 5.74) is -0.787. The minimum Gasteiger partial charge on any atom is -0.496 e. The molecule has 0 spiro atoms. The highest BCUT2D eigenvalue weighted by Gasteiger charge is 2.56. The third-order valence-corrected chi connectivity index (χ3v) is 4.45. The molecular formula is C18H14N4O. The molecule has 0 unspecified atom stereocenters. The molecular weight excluding hydrogens is 288 g/mol. The van der Waals surface area contributed by atoms with Crippen molar-refractivity contribution in [2.75, 3.05) is 7.11 Å². The Hall–Kier alpha value is -3.28. The first-order valence-electron chi connectivity index (χ1n) is 7.01. The zero-order chi connectivity index (χ0) is 17.1. The van der Waals surface area contributed by atoms with Gasteiger partial charge in [-0.1, -0.05) is 18.2 Å². The predicted octanol–water partition coefficient (Wildman–Crippen LogP) is 3.25. The molecule has 1 aliphatic carbocycles. The number of benzene rings is 1. The Labute approximate surface area is 135 Å². The van der Waals surface area contributed by atoms with Crippen molar-refractivity contribution in [2.45, 2.75) is 19.8 Å². The van der Waals surface area contributed by atoms with Crippen molar-refractivity contribution in [3.63, 3.8) is 0 Å². The van der Waals surface area contributed by atoms with Crippen LogP contribution in [0.25, 0.3) is 5.57 Å². The standard InChI is InChI=1S/C18H14N4O/c1-13-15(4-3-5-16(13)23-2)14-6-7-17(9-19,10-20)18(8-14,11-21)12-22/h3-6H,7-8H2,1-2H3. The van der Waals surface area contributed by atoms with Crippen LogP contribution < -0.4 is 4.74 Å². The van der Waals surface area contributed by atoms with Crippen molar-refractivity contribution in [2.24, 2.45) is 10.8 Å². The number of allylic oxidation sites excluding steroid dienone is 2. The fraction of sp³-hybridized carbons (Fsp3) is 0.333. The van der Waals surface area contributed by atoms with E-state index in [4.69, 9.17) is 4.74 Å². The summed E-state index contributed by atoms with van der Waals surface area (Å²) in [4.78, 5) is 0. The molecule has 0 heterocycles. The van der Waals surface area contributed by atoms with Crippen LogP contribution in [0.1, 0.15) is 24.0 Å². The third-order valence-electron chi connectivity index (χ3n) is 4.45. The first-order valence-corrected chi connectivity index (χ1v) is 7.01. The summed E-state index contributed by atoms with van der Waals surface area (Å²) in [7, 11) is 1.58. The second-order valence-electron chi connectivity index (χ2n) is 5.50. The fourth-order valence-corrected chi connectivity index (χ4v) is 2.95. The molecule has 1 aromatic carbocycles. The smallest absolute Gasteiger partial charge is 0.179 e. The minimum absolute atomic E-state index is 0.0368. The first kappa shape index (κ1) is 16.1. The Balaban J connectivity index is 2.62. The number of nitriles is 4. The number of methoxy groups -OCH3 is 1. The highest BCUT2D eigenvalue weighted by Crippen LogP contribution is 2.51. The Morgan fingerprint density at radius 2 is 1.61 bits per heavy atom. The van der Waals surface area contributed by atoms with Gasteiger partial charge in [-0.05, 0) is 29.7 Å². The van der Waals surface area contributed by atoms with E-state index in [0.717, 1.165) is 16.7 Å². The van der Waals surface area contributed by atoms with Crippen LogP contribution in [-0.2, 0) is 0 Å². The highest BCUT2D eigenvalue weighted by molar-refractivity contribution is 5.73. The topological polar surface area (TPSA) is 104 Å². The van der Waals surface area contributed by atoms with E-state index in [1.54, 1.807) is 13.2 Å². The van der Waals surface area contributed by atoms with E-state index in [2.05, 4.69) is 0 Å². The molecule has 5 heteroatoms. The van der Waals surface area contributed by atoms with Crippen LogP contribution in [0.2, 0.25) is 0 Å². The van der Waals surface area contributed by atoms with Crippen LogP contribution in [0.3, 0.4) is 0 Å². The van der Waals surface area contributed by atoms with Crippen molar-refractivity contribution in [3.05, 3.63) is 35.4 Å². The Morgan fingerprint density at radius 1 is 1.00 bits per heavy atom. The maximum absolute atomic E-state index is 9.55. The summed E-state index contributed by atoms with van der Waals surface area (Å²) < 4.78 is 5.30. The first-order chi connectivity index (χ1) is 11.0. The third kappa shape index (κ3) is 2.20. The maximum Gasteiger partial charge on any atom is 0.179 e. The molecule has 0 atom stereocenters. The molecule has 2 rings (SSSR count). The van der Waals surface area contributed by atoms with Crippen molar-refractivity contribution in [1.29, 1.82) is 21.0 Å². The molecule has 0 saturated carbocycles. The van der Waals surface area contributed by atoms with Gasteiger partial charge in [0.2, 0.25) is 0 Å².